The van der Waals surface area contributed by atoms with E-state index in [0.29, 0.717) is 10.7 Å². The SMILES string of the molecule is O=C1c2cccnc2S(=O)(=O)N1Cc1ccc(Cl)nc1. The molecule has 0 atom stereocenters. The fraction of sp³-hybridized carbons (Fsp3) is 0.0833. The molecule has 1 aliphatic heterocycles. The highest BCUT2D eigenvalue weighted by Gasteiger charge is 2.42. The van der Waals surface area contributed by atoms with Gasteiger partial charge in [-0.1, -0.05) is 17.7 Å². The van der Waals surface area contributed by atoms with Gasteiger partial charge in [0.2, 0.25) is 0 Å². The van der Waals surface area contributed by atoms with Gasteiger partial charge in [0.05, 0.1) is 12.1 Å². The zero-order valence-electron chi connectivity index (χ0n) is 10.0. The van der Waals surface area contributed by atoms with Gasteiger partial charge < -0.3 is 0 Å². The van der Waals surface area contributed by atoms with E-state index in [1.165, 1.54) is 30.6 Å². The minimum atomic E-state index is -3.89. The van der Waals surface area contributed by atoms with E-state index in [4.69, 9.17) is 11.6 Å². The molecule has 1 amide bonds. The van der Waals surface area contributed by atoms with Crippen LogP contribution in [0, 0.1) is 0 Å². The maximum atomic E-state index is 12.3. The Kier molecular flexibility index (Phi) is 2.95. The average molecular weight is 310 g/mol. The molecule has 3 rings (SSSR count). The van der Waals surface area contributed by atoms with Gasteiger partial charge in [-0.15, -0.1) is 0 Å². The maximum Gasteiger partial charge on any atom is 0.285 e. The molecule has 2 aromatic rings. The average Bonchev–Trinajstić information content (AvgIpc) is 2.63. The Hall–Kier alpha value is -1.99. The van der Waals surface area contributed by atoms with Crippen LogP contribution in [0.5, 0.6) is 0 Å². The van der Waals surface area contributed by atoms with Crippen molar-refractivity contribution in [3.63, 3.8) is 0 Å². The molecule has 0 N–H and O–H groups in total. The molecule has 0 saturated carbocycles. The van der Waals surface area contributed by atoms with Crippen LogP contribution >= 0.6 is 11.6 Å². The summed E-state index contributed by atoms with van der Waals surface area (Å²) in [5.74, 6) is -0.581. The summed E-state index contributed by atoms with van der Waals surface area (Å²) >= 11 is 5.67. The summed E-state index contributed by atoms with van der Waals surface area (Å²) in [5.41, 5.74) is 0.661. The highest BCUT2D eigenvalue weighted by atomic mass is 35.5. The Bertz CT molecular complexity index is 790. The highest BCUT2D eigenvalue weighted by Crippen LogP contribution is 2.29. The number of hydrogen-bond acceptors (Lipinski definition) is 5. The lowest BCUT2D eigenvalue weighted by Gasteiger charge is -2.14. The number of carbonyl (C=O) groups is 1. The quantitative estimate of drug-likeness (QED) is 0.785. The lowest BCUT2D eigenvalue weighted by molar-refractivity contribution is 0.0864. The van der Waals surface area contributed by atoms with E-state index in [-0.39, 0.29) is 17.1 Å². The smallest absolute Gasteiger partial charge is 0.268 e. The Morgan fingerprint density at radius 1 is 1.20 bits per heavy atom. The minimum Gasteiger partial charge on any atom is -0.268 e. The van der Waals surface area contributed by atoms with Gasteiger partial charge in [-0.25, -0.2) is 14.3 Å². The minimum absolute atomic E-state index is 0.0921. The molecule has 2 aromatic heterocycles. The van der Waals surface area contributed by atoms with Gasteiger partial charge in [0.1, 0.15) is 5.15 Å². The molecule has 0 spiro atoms. The predicted molar refractivity (Wildman–Crippen MR) is 70.5 cm³/mol. The van der Waals surface area contributed by atoms with Crippen LogP contribution < -0.4 is 0 Å². The monoisotopic (exact) mass is 309 g/mol. The van der Waals surface area contributed by atoms with Crippen LogP contribution in [0.1, 0.15) is 15.9 Å². The second kappa shape index (κ2) is 4.53. The van der Waals surface area contributed by atoms with Crippen LogP contribution in [-0.2, 0) is 16.6 Å². The van der Waals surface area contributed by atoms with Crippen molar-refractivity contribution in [1.82, 2.24) is 14.3 Å². The number of hydrogen-bond donors (Lipinski definition) is 0. The maximum absolute atomic E-state index is 12.3. The Balaban J connectivity index is 2.00. The molecule has 3 heterocycles. The fourth-order valence-corrected chi connectivity index (χ4v) is 3.51. The molecular formula is C12H8ClN3O3S. The van der Waals surface area contributed by atoms with Crippen molar-refractivity contribution in [2.24, 2.45) is 0 Å². The van der Waals surface area contributed by atoms with Gasteiger partial charge in [-0.3, -0.25) is 4.79 Å². The van der Waals surface area contributed by atoms with Crippen molar-refractivity contribution in [2.75, 3.05) is 0 Å². The highest BCUT2D eigenvalue weighted by molar-refractivity contribution is 7.90. The van der Waals surface area contributed by atoms with Crippen molar-refractivity contribution in [1.29, 1.82) is 0 Å². The number of nitrogens with zero attached hydrogens (tertiary/aromatic N) is 3. The Labute approximate surface area is 120 Å². The zero-order chi connectivity index (χ0) is 14.3. The Morgan fingerprint density at radius 2 is 2.00 bits per heavy atom. The molecule has 0 saturated heterocycles. The third-order valence-corrected chi connectivity index (χ3v) is 4.79. The van der Waals surface area contributed by atoms with Crippen LogP contribution in [0.15, 0.2) is 41.7 Å². The van der Waals surface area contributed by atoms with Crippen LogP contribution in [0.4, 0.5) is 0 Å². The lowest BCUT2D eigenvalue weighted by Crippen LogP contribution is -2.29. The molecule has 0 radical (unpaired) electrons. The van der Waals surface area contributed by atoms with Crippen LogP contribution in [0.25, 0.3) is 0 Å². The molecular weight excluding hydrogens is 302 g/mol. The molecule has 6 nitrogen and oxygen atoms in total. The first-order valence-electron chi connectivity index (χ1n) is 5.62. The molecule has 20 heavy (non-hydrogen) atoms. The number of rotatable bonds is 2. The molecule has 8 heteroatoms. The van der Waals surface area contributed by atoms with E-state index in [0.717, 1.165) is 4.31 Å². The normalized spacial score (nSPS) is 16.2. The first-order valence-corrected chi connectivity index (χ1v) is 7.44. The number of sulfonamides is 1. The van der Waals surface area contributed by atoms with Crippen molar-refractivity contribution in [2.45, 2.75) is 11.6 Å². The van der Waals surface area contributed by atoms with Crippen molar-refractivity contribution >= 4 is 27.5 Å². The largest absolute Gasteiger partial charge is 0.285 e. The third kappa shape index (κ3) is 1.95. The number of carbonyl (C=O) groups excluding carboxylic acids is 1. The van der Waals surface area contributed by atoms with E-state index in [1.807, 2.05) is 0 Å². The number of amides is 1. The van der Waals surface area contributed by atoms with Crippen LogP contribution in [0.2, 0.25) is 5.15 Å². The van der Waals surface area contributed by atoms with Crippen LogP contribution in [0.3, 0.4) is 0 Å². The Morgan fingerprint density at radius 3 is 2.65 bits per heavy atom. The lowest BCUT2D eigenvalue weighted by atomic mass is 10.2. The summed E-state index contributed by atoms with van der Waals surface area (Å²) in [4.78, 5) is 19.8. The summed E-state index contributed by atoms with van der Waals surface area (Å²) in [6.07, 6.45) is 2.78. The van der Waals surface area contributed by atoms with E-state index in [1.54, 1.807) is 6.07 Å². The van der Waals surface area contributed by atoms with Gasteiger partial charge in [-0.2, -0.15) is 8.42 Å². The molecule has 1 aliphatic rings. The first kappa shape index (κ1) is 13.0. The second-order valence-corrected chi connectivity index (χ2v) is 6.33. The first-order chi connectivity index (χ1) is 9.50. The zero-order valence-corrected chi connectivity index (χ0v) is 11.6. The molecule has 0 aliphatic carbocycles. The molecule has 102 valence electrons. The fourth-order valence-electron chi connectivity index (χ4n) is 1.93. The standard InChI is InChI=1S/C12H8ClN3O3S/c13-10-4-3-8(6-15-10)7-16-12(17)9-2-1-5-14-11(9)20(16,18)19/h1-6H,7H2. The number of fused-ring (bicyclic) bond motifs is 1. The van der Waals surface area contributed by atoms with Crippen LogP contribution in [-0.4, -0.2) is 28.6 Å². The number of pyridine rings is 2. The van der Waals surface area contributed by atoms with Gasteiger partial charge in [0.25, 0.3) is 15.9 Å². The van der Waals surface area contributed by atoms with Gasteiger partial charge in [-0.05, 0) is 23.8 Å². The second-order valence-electron chi connectivity index (χ2n) is 4.16. The predicted octanol–water partition coefficient (Wildman–Crippen LogP) is 1.47. The summed E-state index contributed by atoms with van der Waals surface area (Å²) in [6, 6.07) is 6.13. The summed E-state index contributed by atoms with van der Waals surface area (Å²) < 4.78 is 25.3. The number of halogens is 1. The van der Waals surface area contributed by atoms with E-state index in [2.05, 4.69) is 9.97 Å². The summed E-state index contributed by atoms with van der Waals surface area (Å²) in [6.45, 7) is -0.0955. The van der Waals surface area contributed by atoms with Gasteiger partial charge in [0.15, 0.2) is 5.03 Å². The number of aromatic nitrogens is 2. The molecule has 0 bridgehead atoms. The molecule has 0 fully saturated rings. The van der Waals surface area contributed by atoms with Crippen molar-refractivity contribution in [3.8, 4) is 0 Å². The summed E-state index contributed by atoms with van der Waals surface area (Å²) in [7, 11) is -3.89. The van der Waals surface area contributed by atoms with Crippen molar-refractivity contribution < 1.29 is 13.2 Å². The van der Waals surface area contributed by atoms with E-state index < -0.39 is 15.9 Å². The summed E-state index contributed by atoms with van der Waals surface area (Å²) in [5, 5.41) is 0.0984. The van der Waals surface area contributed by atoms with E-state index >= 15 is 0 Å². The molecule has 0 aromatic carbocycles. The van der Waals surface area contributed by atoms with Gasteiger partial charge >= 0.3 is 0 Å². The third-order valence-electron chi connectivity index (χ3n) is 2.88. The molecule has 0 unspecified atom stereocenters. The topological polar surface area (TPSA) is 80.2 Å². The van der Waals surface area contributed by atoms with Gasteiger partial charge in [0, 0.05) is 12.4 Å². The van der Waals surface area contributed by atoms with E-state index in [9.17, 15) is 13.2 Å². The van der Waals surface area contributed by atoms with Crippen molar-refractivity contribution in [3.05, 3.63) is 52.9 Å².